The number of carbonyl (C=O) groups excluding carboxylic acids is 1. The molecule has 2 nitrogen and oxygen atoms in total. The van der Waals surface area contributed by atoms with Gasteiger partial charge >= 0.3 is 0 Å². The van der Waals surface area contributed by atoms with E-state index in [0.29, 0.717) is 12.3 Å². The van der Waals surface area contributed by atoms with Crippen LogP contribution >= 0.6 is 11.6 Å². The second kappa shape index (κ2) is 5.54. The quantitative estimate of drug-likeness (QED) is 0.756. The van der Waals surface area contributed by atoms with E-state index < -0.39 is 0 Å². The molecule has 0 unspecified atom stereocenters. The van der Waals surface area contributed by atoms with Crippen LogP contribution in [-0.4, -0.2) is 29.3 Å². The van der Waals surface area contributed by atoms with Crippen molar-refractivity contribution >= 4 is 17.5 Å². The van der Waals surface area contributed by atoms with E-state index >= 15 is 0 Å². The highest BCUT2D eigenvalue weighted by Crippen LogP contribution is 2.16. The van der Waals surface area contributed by atoms with Crippen molar-refractivity contribution in [2.75, 3.05) is 12.9 Å². The second-order valence-electron chi connectivity index (χ2n) is 5.06. The predicted octanol–water partition coefficient (Wildman–Crippen LogP) is 3.01. The fourth-order valence-electron chi connectivity index (χ4n) is 1.43. The van der Waals surface area contributed by atoms with Crippen molar-refractivity contribution in [1.82, 2.24) is 4.90 Å². The molecule has 1 amide bonds. The maximum Gasteiger partial charge on any atom is 0.227 e. The number of likely N-dealkylation sites (N-methyl/N-ethyl adjacent to an activating group) is 1. The molecule has 0 aliphatic carbocycles. The van der Waals surface area contributed by atoms with Crippen LogP contribution in [0.1, 0.15) is 25.0 Å². The third kappa shape index (κ3) is 3.74. The van der Waals surface area contributed by atoms with Crippen LogP contribution in [0.3, 0.4) is 0 Å². The minimum atomic E-state index is -0.302. The molecule has 0 aliphatic heterocycles. The molecular weight excluding hydrogens is 234 g/mol. The molecule has 94 valence electrons. The van der Waals surface area contributed by atoms with E-state index in [2.05, 4.69) is 0 Å². The molecule has 0 fully saturated rings. The number of hydrogen-bond donors (Lipinski definition) is 0. The summed E-state index contributed by atoms with van der Waals surface area (Å²) in [5.74, 6) is 0.530. The topological polar surface area (TPSA) is 20.3 Å². The van der Waals surface area contributed by atoms with Gasteiger partial charge in [-0.15, -0.1) is 11.6 Å². The number of rotatable bonds is 4. The number of alkyl halides is 1. The zero-order chi connectivity index (χ0) is 13.1. The molecule has 1 aromatic carbocycles. The lowest BCUT2D eigenvalue weighted by Crippen LogP contribution is -2.47. The third-order valence-corrected chi connectivity index (χ3v) is 3.74. The van der Waals surface area contributed by atoms with Gasteiger partial charge in [0, 0.05) is 12.9 Å². The van der Waals surface area contributed by atoms with Gasteiger partial charge in [-0.25, -0.2) is 0 Å². The summed E-state index contributed by atoms with van der Waals surface area (Å²) in [4.78, 5) is 13.8. The molecule has 0 saturated carbocycles. The SMILES string of the molecule is Cc1ccc(CC(=O)N(C)C(C)(C)CCl)cc1. The first kappa shape index (κ1) is 14.0. The van der Waals surface area contributed by atoms with E-state index in [1.54, 1.807) is 11.9 Å². The molecule has 0 saturated heterocycles. The van der Waals surface area contributed by atoms with Crippen LogP contribution < -0.4 is 0 Å². The molecule has 0 bridgehead atoms. The van der Waals surface area contributed by atoms with Gasteiger partial charge in [-0.1, -0.05) is 29.8 Å². The molecule has 17 heavy (non-hydrogen) atoms. The fraction of sp³-hybridized carbons (Fsp3) is 0.500. The van der Waals surface area contributed by atoms with Gasteiger partial charge in [0.1, 0.15) is 0 Å². The average molecular weight is 254 g/mol. The van der Waals surface area contributed by atoms with E-state index in [0.717, 1.165) is 5.56 Å². The van der Waals surface area contributed by atoms with Crippen LogP contribution in [0.5, 0.6) is 0 Å². The summed E-state index contributed by atoms with van der Waals surface area (Å²) in [6.45, 7) is 5.97. The normalized spacial score (nSPS) is 11.4. The number of halogens is 1. The van der Waals surface area contributed by atoms with E-state index in [1.165, 1.54) is 5.56 Å². The summed E-state index contributed by atoms with van der Waals surface area (Å²) >= 11 is 5.86. The smallest absolute Gasteiger partial charge is 0.227 e. The number of aryl methyl sites for hydroxylation is 1. The second-order valence-corrected chi connectivity index (χ2v) is 5.33. The Morgan fingerprint density at radius 3 is 2.29 bits per heavy atom. The van der Waals surface area contributed by atoms with E-state index in [4.69, 9.17) is 11.6 Å². The molecular formula is C14H20ClNO. The highest BCUT2D eigenvalue weighted by Gasteiger charge is 2.26. The van der Waals surface area contributed by atoms with Gasteiger partial charge in [-0.05, 0) is 26.3 Å². The van der Waals surface area contributed by atoms with Crippen molar-refractivity contribution in [2.24, 2.45) is 0 Å². The first-order valence-electron chi connectivity index (χ1n) is 5.75. The number of carbonyl (C=O) groups is 1. The van der Waals surface area contributed by atoms with Crippen LogP contribution in [0.25, 0.3) is 0 Å². The Labute approximate surface area is 109 Å². The monoisotopic (exact) mass is 253 g/mol. The van der Waals surface area contributed by atoms with Crippen molar-refractivity contribution in [3.8, 4) is 0 Å². The van der Waals surface area contributed by atoms with Crippen LogP contribution in [0.4, 0.5) is 0 Å². The molecule has 1 aromatic rings. The zero-order valence-corrected chi connectivity index (χ0v) is 11.7. The van der Waals surface area contributed by atoms with E-state index in [1.807, 2.05) is 45.0 Å². The Hall–Kier alpha value is -1.02. The Kier molecular flexibility index (Phi) is 4.58. The van der Waals surface area contributed by atoms with Crippen molar-refractivity contribution in [1.29, 1.82) is 0 Å². The van der Waals surface area contributed by atoms with Gasteiger partial charge in [-0.3, -0.25) is 4.79 Å². The van der Waals surface area contributed by atoms with Gasteiger partial charge in [-0.2, -0.15) is 0 Å². The van der Waals surface area contributed by atoms with Crippen LogP contribution in [-0.2, 0) is 11.2 Å². The Morgan fingerprint density at radius 1 is 1.29 bits per heavy atom. The maximum atomic E-state index is 12.1. The molecule has 0 spiro atoms. The largest absolute Gasteiger partial charge is 0.339 e. The van der Waals surface area contributed by atoms with Gasteiger partial charge in [0.15, 0.2) is 0 Å². The summed E-state index contributed by atoms with van der Waals surface area (Å²) in [6, 6.07) is 8.04. The molecule has 1 rings (SSSR count). The highest BCUT2D eigenvalue weighted by molar-refractivity contribution is 6.18. The number of benzene rings is 1. The van der Waals surface area contributed by atoms with Gasteiger partial charge < -0.3 is 4.90 Å². The van der Waals surface area contributed by atoms with Crippen LogP contribution in [0.15, 0.2) is 24.3 Å². The number of amides is 1. The lowest BCUT2D eigenvalue weighted by Gasteiger charge is -2.34. The standard InChI is InChI=1S/C14H20ClNO/c1-11-5-7-12(8-6-11)9-13(17)16(4)14(2,3)10-15/h5-8H,9-10H2,1-4H3. The first-order chi connectivity index (χ1) is 7.86. The lowest BCUT2D eigenvalue weighted by atomic mass is 10.0. The van der Waals surface area contributed by atoms with Gasteiger partial charge in [0.05, 0.1) is 12.0 Å². The van der Waals surface area contributed by atoms with Gasteiger partial charge in [0.25, 0.3) is 0 Å². The van der Waals surface area contributed by atoms with Crippen LogP contribution in [0, 0.1) is 6.92 Å². The number of nitrogens with zero attached hydrogens (tertiary/aromatic N) is 1. The summed E-state index contributed by atoms with van der Waals surface area (Å²) in [7, 11) is 1.80. The molecule has 0 N–H and O–H groups in total. The molecule has 0 atom stereocenters. The highest BCUT2D eigenvalue weighted by atomic mass is 35.5. The molecule has 0 radical (unpaired) electrons. The predicted molar refractivity (Wildman–Crippen MR) is 72.5 cm³/mol. The minimum absolute atomic E-state index is 0.0968. The van der Waals surface area contributed by atoms with Crippen LogP contribution in [0.2, 0.25) is 0 Å². The molecule has 0 aliphatic rings. The summed E-state index contributed by atoms with van der Waals surface area (Å²) in [5.41, 5.74) is 1.94. The third-order valence-electron chi connectivity index (χ3n) is 3.09. The average Bonchev–Trinajstić information content (AvgIpc) is 2.31. The summed E-state index contributed by atoms with van der Waals surface area (Å²) in [5, 5.41) is 0. The molecule has 0 heterocycles. The van der Waals surface area contributed by atoms with Crippen molar-refractivity contribution in [2.45, 2.75) is 32.7 Å². The van der Waals surface area contributed by atoms with E-state index in [9.17, 15) is 4.79 Å². The first-order valence-corrected chi connectivity index (χ1v) is 6.28. The molecule has 0 aromatic heterocycles. The summed E-state index contributed by atoms with van der Waals surface area (Å²) < 4.78 is 0. The fourth-order valence-corrected chi connectivity index (χ4v) is 1.61. The number of hydrogen-bond acceptors (Lipinski definition) is 1. The maximum absolute atomic E-state index is 12.1. The summed E-state index contributed by atoms with van der Waals surface area (Å²) in [6.07, 6.45) is 0.428. The molecule has 3 heteroatoms. The Morgan fingerprint density at radius 2 is 1.82 bits per heavy atom. The van der Waals surface area contributed by atoms with Crippen molar-refractivity contribution in [3.63, 3.8) is 0 Å². The minimum Gasteiger partial charge on any atom is -0.339 e. The van der Waals surface area contributed by atoms with Crippen molar-refractivity contribution in [3.05, 3.63) is 35.4 Å². The van der Waals surface area contributed by atoms with E-state index in [-0.39, 0.29) is 11.4 Å². The Balaban J connectivity index is 2.69. The van der Waals surface area contributed by atoms with Crippen molar-refractivity contribution < 1.29 is 4.79 Å². The lowest BCUT2D eigenvalue weighted by molar-refractivity contribution is -0.133. The van der Waals surface area contributed by atoms with Gasteiger partial charge in [0.2, 0.25) is 5.91 Å². The Bertz CT molecular complexity index is 384. The zero-order valence-electron chi connectivity index (χ0n) is 11.0.